The second kappa shape index (κ2) is 8.49. The zero-order chi connectivity index (χ0) is 17.5. The van der Waals surface area contributed by atoms with Crippen molar-refractivity contribution in [2.45, 2.75) is 13.0 Å². The van der Waals surface area contributed by atoms with Crippen LogP contribution in [0.4, 0.5) is 11.4 Å². The fourth-order valence-electron chi connectivity index (χ4n) is 1.99. The molecule has 0 unspecified atom stereocenters. The van der Waals surface area contributed by atoms with Crippen molar-refractivity contribution < 1.29 is 4.79 Å². The summed E-state index contributed by atoms with van der Waals surface area (Å²) in [5.41, 5.74) is 5.47. The van der Waals surface area contributed by atoms with Gasteiger partial charge in [0.15, 0.2) is 0 Å². The highest BCUT2D eigenvalue weighted by atomic mass is 79.9. The number of nitrogens with zero attached hydrogens (tertiary/aromatic N) is 2. The van der Waals surface area contributed by atoms with Crippen molar-refractivity contribution in [3.8, 4) is 0 Å². The molecule has 0 aliphatic rings. The summed E-state index contributed by atoms with van der Waals surface area (Å²) in [6.07, 6.45) is 1.63. The average Bonchev–Trinajstić information content (AvgIpc) is 2.57. The van der Waals surface area contributed by atoms with E-state index >= 15 is 0 Å². The Balaban J connectivity index is 1.86. The van der Waals surface area contributed by atoms with Crippen molar-refractivity contribution in [3.05, 3.63) is 58.6 Å². The Bertz CT molecular complexity index is 696. The summed E-state index contributed by atoms with van der Waals surface area (Å²) in [5.74, 6) is -0.195. The fraction of sp³-hybridized carbons (Fsp3) is 0.222. The smallest absolute Gasteiger partial charge is 0.262 e. The number of amides is 1. The van der Waals surface area contributed by atoms with Gasteiger partial charge < -0.3 is 10.2 Å². The van der Waals surface area contributed by atoms with Crippen molar-refractivity contribution in [1.29, 1.82) is 0 Å². The number of rotatable bonds is 6. The molecule has 2 N–H and O–H groups in total. The number of benzene rings is 2. The van der Waals surface area contributed by atoms with E-state index in [4.69, 9.17) is 0 Å². The van der Waals surface area contributed by atoms with Gasteiger partial charge in [-0.1, -0.05) is 28.1 Å². The molecule has 0 aliphatic carbocycles. The summed E-state index contributed by atoms with van der Waals surface area (Å²) in [6, 6.07) is 15.2. The van der Waals surface area contributed by atoms with Gasteiger partial charge in [0.05, 0.1) is 6.21 Å². The van der Waals surface area contributed by atoms with E-state index in [1.54, 1.807) is 13.1 Å². The molecule has 2 rings (SSSR count). The molecule has 0 fully saturated rings. The molecule has 0 saturated carbocycles. The lowest BCUT2D eigenvalue weighted by Crippen LogP contribution is -2.34. The highest BCUT2D eigenvalue weighted by Crippen LogP contribution is 2.15. The third-order valence-electron chi connectivity index (χ3n) is 3.42. The Labute approximate surface area is 150 Å². The number of anilines is 2. The standard InChI is InChI=1S/C18H21BrN4O/c1-13(21-16-8-6-15(19)7-9-16)18(24)22-20-12-14-4-10-17(11-5-14)23(2)3/h4-13,21H,1-3H3,(H,22,24)/b20-12-/t13-/m1/s1. The van der Waals surface area contributed by atoms with Crippen LogP contribution in [-0.4, -0.2) is 32.3 Å². The molecule has 0 heterocycles. The topological polar surface area (TPSA) is 56.7 Å². The molecule has 0 radical (unpaired) electrons. The molecule has 5 nitrogen and oxygen atoms in total. The van der Waals surface area contributed by atoms with Gasteiger partial charge in [0.2, 0.25) is 0 Å². The Kier molecular flexibility index (Phi) is 6.37. The first kappa shape index (κ1) is 18.0. The van der Waals surface area contributed by atoms with Crippen molar-refractivity contribution in [2.75, 3.05) is 24.3 Å². The molecule has 24 heavy (non-hydrogen) atoms. The number of halogens is 1. The molecule has 0 bridgehead atoms. The maximum atomic E-state index is 12.0. The van der Waals surface area contributed by atoms with Crippen LogP contribution in [0.15, 0.2) is 58.1 Å². The van der Waals surface area contributed by atoms with Crippen molar-refractivity contribution in [3.63, 3.8) is 0 Å². The Morgan fingerprint density at radius 2 is 1.75 bits per heavy atom. The monoisotopic (exact) mass is 388 g/mol. The zero-order valence-corrected chi connectivity index (χ0v) is 15.5. The molecule has 126 valence electrons. The SMILES string of the molecule is C[C@@H](Nc1ccc(Br)cc1)C(=O)N/N=C\c1ccc(N(C)C)cc1. The summed E-state index contributed by atoms with van der Waals surface area (Å²) < 4.78 is 0.995. The van der Waals surface area contributed by atoms with Crippen LogP contribution in [0, 0.1) is 0 Å². The minimum absolute atomic E-state index is 0.195. The first-order chi connectivity index (χ1) is 11.5. The quantitative estimate of drug-likeness (QED) is 0.588. The van der Waals surface area contributed by atoms with E-state index in [-0.39, 0.29) is 11.9 Å². The Hall–Kier alpha value is -2.34. The van der Waals surface area contributed by atoms with Crippen LogP contribution >= 0.6 is 15.9 Å². The summed E-state index contributed by atoms with van der Waals surface area (Å²) >= 11 is 3.38. The second-order valence-corrected chi connectivity index (χ2v) is 6.51. The van der Waals surface area contributed by atoms with E-state index < -0.39 is 0 Å². The summed E-state index contributed by atoms with van der Waals surface area (Å²) in [6.45, 7) is 1.79. The summed E-state index contributed by atoms with van der Waals surface area (Å²) in [5, 5.41) is 7.13. The molecular formula is C18H21BrN4O. The number of hydrogen-bond acceptors (Lipinski definition) is 4. The zero-order valence-electron chi connectivity index (χ0n) is 14.0. The van der Waals surface area contributed by atoms with Crippen molar-refractivity contribution >= 4 is 39.4 Å². The lowest BCUT2D eigenvalue weighted by Gasteiger charge is -2.13. The Morgan fingerprint density at radius 3 is 2.33 bits per heavy atom. The van der Waals surface area contributed by atoms with E-state index in [0.717, 1.165) is 21.4 Å². The molecular weight excluding hydrogens is 368 g/mol. The van der Waals surface area contributed by atoms with Gasteiger partial charge in [0.25, 0.3) is 5.91 Å². The summed E-state index contributed by atoms with van der Waals surface area (Å²) in [7, 11) is 3.98. The van der Waals surface area contributed by atoms with E-state index in [1.807, 2.05) is 67.5 Å². The number of nitrogens with one attached hydrogen (secondary N) is 2. The van der Waals surface area contributed by atoms with Crippen LogP contribution in [-0.2, 0) is 4.79 Å². The first-order valence-corrected chi connectivity index (χ1v) is 8.37. The molecule has 6 heteroatoms. The summed E-state index contributed by atoms with van der Waals surface area (Å²) in [4.78, 5) is 14.1. The van der Waals surface area contributed by atoms with Crippen LogP contribution in [0.2, 0.25) is 0 Å². The van der Waals surface area contributed by atoms with E-state index in [0.29, 0.717) is 0 Å². The Morgan fingerprint density at radius 1 is 1.12 bits per heavy atom. The van der Waals surface area contributed by atoms with Gasteiger partial charge in [0.1, 0.15) is 6.04 Å². The molecule has 0 saturated heterocycles. The van der Waals surface area contributed by atoms with Gasteiger partial charge >= 0.3 is 0 Å². The van der Waals surface area contributed by atoms with Crippen molar-refractivity contribution in [1.82, 2.24) is 5.43 Å². The van der Waals surface area contributed by atoms with E-state index in [1.165, 1.54) is 0 Å². The third kappa shape index (κ3) is 5.38. The molecule has 2 aromatic carbocycles. The number of hydrazone groups is 1. The third-order valence-corrected chi connectivity index (χ3v) is 3.95. The van der Waals surface area contributed by atoms with E-state index in [9.17, 15) is 4.79 Å². The molecule has 0 spiro atoms. The van der Waals surface area contributed by atoms with Crippen LogP contribution in [0.25, 0.3) is 0 Å². The average molecular weight is 389 g/mol. The van der Waals surface area contributed by atoms with Gasteiger partial charge in [0, 0.05) is 29.9 Å². The molecule has 2 aromatic rings. The lowest BCUT2D eigenvalue weighted by molar-refractivity contribution is -0.121. The maximum absolute atomic E-state index is 12.0. The normalized spacial score (nSPS) is 12.0. The number of carbonyl (C=O) groups excluding carboxylic acids is 1. The minimum atomic E-state index is -0.389. The predicted molar refractivity (Wildman–Crippen MR) is 104 cm³/mol. The van der Waals surface area contributed by atoms with Crippen LogP contribution in [0.3, 0.4) is 0 Å². The van der Waals surface area contributed by atoms with Crippen molar-refractivity contribution in [2.24, 2.45) is 5.10 Å². The fourth-order valence-corrected chi connectivity index (χ4v) is 2.25. The van der Waals surface area contributed by atoms with Gasteiger partial charge in [-0.25, -0.2) is 5.43 Å². The molecule has 0 aromatic heterocycles. The molecule has 1 amide bonds. The van der Waals surface area contributed by atoms with Gasteiger partial charge in [-0.05, 0) is 48.9 Å². The van der Waals surface area contributed by atoms with Crippen LogP contribution < -0.4 is 15.6 Å². The predicted octanol–water partition coefficient (Wildman–Crippen LogP) is 3.47. The maximum Gasteiger partial charge on any atom is 0.262 e. The minimum Gasteiger partial charge on any atom is -0.378 e. The number of hydrogen-bond donors (Lipinski definition) is 2. The van der Waals surface area contributed by atoms with Gasteiger partial charge in [-0.15, -0.1) is 0 Å². The van der Waals surface area contributed by atoms with Crippen LogP contribution in [0.1, 0.15) is 12.5 Å². The molecule has 0 aliphatic heterocycles. The first-order valence-electron chi connectivity index (χ1n) is 7.58. The lowest BCUT2D eigenvalue weighted by atomic mass is 10.2. The van der Waals surface area contributed by atoms with E-state index in [2.05, 4.69) is 31.8 Å². The number of carbonyl (C=O) groups is 1. The molecule has 1 atom stereocenters. The largest absolute Gasteiger partial charge is 0.378 e. The highest BCUT2D eigenvalue weighted by molar-refractivity contribution is 9.10. The second-order valence-electron chi connectivity index (χ2n) is 5.59. The van der Waals surface area contributed by atoms with Gasteiger partial charge in [-0.3, -0.25) is 4.79 Å². The highest BCUT2D eigenvalue weighted by Gasteiger charge is 2.11. The van der Waals surface area contributed by atoms with Crippen LogP contribution in [0.5, 0.6) is 0 Å². The van der Waals surface area contributed by atoms with Gasteiger partial charge in [-0.2, -0.15) is 5.10 Å².